The number of hydrogen-bond acceptors (Lipinski definition) is 2. The van der Waals surface area contributed by atoms with Crippen molar-refractivity contribution in [2.75, 3.05) is 6.54 Å². The average molecular weight is 183 g/mol. The molecule has 13 heavy (non-hydrogen) atoms. The molecule has 4 heteroatoms. The Morgan fingerprint density at radius 2 is 2.08 bits per heavy atom. The Hall–Kier alpha value is -1.03. The number of unbranched alkanes of at least 4 members (excludes halogenated alkanes) is 2. The Morgan fingerprint density at radius 3 is 2.62 bits per heavy atom. The number of rotatable bonds is 5. The fourth-order valence-electron chi connectivity index (χ4n) is 1.28. The zero-order valence-electron chi connectivity index (χ0n) is 8.07. The van der Waals surface area contributed by atoms with Crippen molar-refractivity contribution in [3.8, 4) is 0 Å². The SMILES string of the molecule is Cn1ccn(CCCCCN)c1=O. The molecule has 0 atom stereocenters. The van der Waals surface area contributed by atoms with E-state index in [1.54, 1.807) is 22.4 Å². The van der Waals surface area contributed by atoms with Crippen LogP contribution in [-0.4, -0.2) is 15.7 Å². The number of aryl methyl sites for hydroxylation is 2. The molecule has 0 spiro atoms. The minimum absolute atomic E-state index is 0.0627. The third kappa shape index (κ3) is 2.73. The van der Waals surface area contributed by atoms with Gasteiger partial charge in [-0.1, -0.05) is 6.42 Å². The molecule has 1 aromatic heterocycles. The van der Waals surface area contributed by atoms with Crippen LogP contribution in [0.25, 0.3) is 0 Å². The van der Waals surface area contributed by atoms with E-state index in [4.69, 9.17) is 5.73 Å². The monoisotopic (exact) mass is 183 g/mol. The van der Waals surface area contributed by atoms with Gasteiger partial charge in [-0.05, 0) is 19.4 Å². The van der Waals surface area contributed by atoms with Gasteiger partial charge in [0.15, 0.2) is 0 Å². The van der Waals surface area contributed by atoms with Crippen LogP contribution in [0.2, 0.25) is 0 Å². The molecule has 0 saturated heterocycles. The van der Waals surface area contributed by atoms with Gasteiger partial charge in [0.2, 0.25) is 0 Å². The minimum atomic E-state index is 0.0627. The van der Waals surface area contributed by atoms with Gasteiger partial charge < -0.3 is 10.3 Å². The third-order valence-corrected chi connectivity index (χ3v) is 2.12. The second-order valence-corrected chi connectivity index (χ2v) is 3.23. The van der Waals surface area contributed by atoms with E-state index in [0.717, 1.165) is 32.4 Å². The first-order chi connectivity index (χ1) is 6.25. The summed E-state index contributed by atoms with van der Waals surface area (Å²) in [4.78, 5) is 11.3. The lowest BCUT2D eigenvalue weighted by Crippen LogP contribution is -2.21. The van der Waals surface area contributed by atoms with Gasteiger partial charge in [-0.25, -0.2) is 4.79 Å². The van der Waals surface area contributed by atoms with Crippen molar-refractivity contribution >= 4 is 0 Å². The van der Waals surface area contributed by atoms with Gasteiger partial charge in [-0.15, -0.1) is 0 Å². The van der Waals surface area contributed by atoms with E-state index in [2.05, 4.69) is 0 Å². The second kappa shape index (κ2) is 4.87. The molecule has 0 aliphatic carbocycles. The molecule has 0 bridgehead atoms. The highest BCUT2D eigenvalue weighted by atomic mass is 16.1. The Balaban J connectivity index is 2.37. The molecule has 1 heterocycles. The van der Waals surface area contributed by atoms with E-state index in [0.29, 0.717) is 0 Å². The summed E-state index contributed by atoms with van der Waals surface area (Å²) in [6, 6.07) is 0. The fourth-order valence-corrected chi connectivity index (χ4v) is 1.28. The Labute approximate surface area is 78.0 Å². The summed E-state index contributed by atoms with van der Waals surface area (Å²) in [7, 11) is 1.76. The largest absolute Gasteiger partial charge is 0.330 e. The van der Waals surface area contributed by atoms with Crippen LogP contribution in [0.15, 0.2) is 17.2 Å². The van der Waals surface area contributed by atoms with Gasteiger partial charge >= 0.3 is 5.69 Å². The van der Waals surface area contributed by atoms with Crippen LogP contribution in [0.1, 0.15) is 19.3 Å². The van der Waals surface area contributed by atoms with Crippen molar-refractivity contribution in [2.24, 2.45) is 12.8 Å². The molecule has 1 rings (SSSR count). The van der Waals surface area contributed by atoms with Gasteiger partial charge in [0.1, 0.15) is 0 Å². The van der Waals surface area contributed by atoms with E-state index in [-0.39, 0.29) is 5.69 Å². The number of nitrogens with zero attached hydrogens (tertiary/aromatic N) is 2. The predicted octanol–water partition coefficient (Wildman–Crippen LogP) is 0.316. The highest BCUT2D eigenvalue weighted by molar-refractivity contribution is 4.79. The summed E-state index contributed by atoms with van der Waals surface area (Å²) in [5.41, 5.74) is 5.43. The number of aromatic nitrogens is 2. The Bertz CT molecular complexity index is 300. The third-order valence-electron chi connectivity index (χ3n) is 2.12. The molecule has 2 N–H and O–H groups in total. The molecule has 0 radical (unpaired) electrons. The zero-order valence-corrected chi connectivity index (χ0v) is 8.07. The zero-order chi connectivity index (χ0) is 9.68. The topological polar surface area (TPSA) is 52.9 Å². The fraction of sp³-hybridized carbons (Fsp3) is 0.667. The van der Waals surface area contributed by atoms with Crippen LogP contribution in [0.3, 0.4) is 0 Å². The summed E-state index contributed by atoms with van der Waals surface area (Å²) in [5.74, 6) is 0. The molecular formula is C9H17N3O. The first-order valence-electron chi connectivity index (χ1n) is 4.67. The van der Waals surface area contributed by atoms with E-state index in [1.807, 2.05) is 6.20 Å². The van der Waals surface area contributed by atoms with Crippen molar-refractivity contribution in [3.63, 3.8) is 0 Å². The van der Waals surface area contributed by atoms with Crippen LogP contribution in [0, 0.1) is 0 Å². The number of imidazole rings is 1. The van der Waals surface area contributed by atoms with E-state index in [1.165, 1.54) is 0 Å². The number of hydrogen-bond donors (Lipinski definition) is 1. The van der Waals surface area contributed by atoms with Crippen LogP contribution in [-0.2, 0) is 13.6 Å². The molecule has 74 valence electrons. The molecule has 1 aromatic rings. The van der Waals surface area contributed by atoms with Crippen LogP contribution >= 0.6 is 0 Å². The highest BCUT2D eigenvalue weighted by Gasteiger charge is 1.97. The van der Waals surface area contributed by atoms with Crippen LogP contribution in [0.5, 0.6) is 0 Å². The highest BCUT2D eigenvalue weighted by Crippen LogP contribution is 1.95. The van der Waals surface area contributed by atoms with Gasteiger partial charge in [0.25, 0.3) is 0 Å². The molecule has 0 saturated carbocycles. The Morgan fingerprint density at radius 1 is 1.31 bits per heavy atom. The van der Waals surface area contributed by atoms with Crippen molar-refractivity contribution in [1.29, 1.82) is 0 Å². The van der Waals surface area contributed by atoms with Gasteiger partial charge in [-0.2, -0.15) is 0 Å². The first kappa shape index (κ1) is 10.1. The maximum atomic E-state index is 11.3. The molecule has 4 nitrogen and oxygen atoms in total. The van der Waals surface area contributed by atoms with E-state index < -0.39 is 0 Å². The lowest BCUT2D eigenvalue weighted by molar-refractivity contribution is 0.571. The van der Waals surface area contributed by atoms with Crippen molar-refractivity contribution < 1.29 is 0 Å². The summed E-state index contributed by atoms with van der Waals surface area (Å²) >= 11 is 0. The summed E-state index contributed by atoms with van der Waals surface area (Å²) < 4.78 is 3.32. The molecule has 0 aromatic carbocycles. The molecule has 0 aliphatic heterocycles. The van der Waals surface area contributed by atoms with Crippen molar-refractivity contribution in [1.82, 2.24) is 9.13 Å². The average Bonchev–Trinajstić information content (AvgIpc) is 2.43. The predicted molar refractivity (Wildman–Crippen MR) is 52.6 cm³/mol. The quantitative estimate of drug-likeness (QED) is 0.668. The maximum Gasteiger partial charge on any atom is 0.327 e. The number of nitrogens with two attached hydrogens (primary N) is 1. The van der Waals surface area contributed by atoms with Crippen molar-refractivity contribution in [2.45, 2.75) is 25.8 Å². The molecule has 0 unspecified atom stereocenters. The molecule has 0 amide bonds. The summed E-state index contributed by atoms with van der Waals surface area (Å²) in [5, 5.41) is 0. The smallest absolute Gasteiger partial charge is 0.327 e. The minimum Gasteiger partial charge on any atom is -0.330 e. The van der Waals surface area contributed by atoms with E-state index >= 15 is 0 Å². The summed E-state index contributed by atoms with van der Waals surface area (Å²) in [6.45, 7) is 1.55. The first-order valence-corrected chi connectivity index (χ1v) is 4.67. The normalized spacial score (nSPS) is 10.6. The Kier molecular flexibility index (Phi) is 3.76. The van der Waals surface area contributed by atoms with Crippen LogP contribution < -0.4 is 11.4 Å². The molecule has 0 aliphatic rings. The van der Waals surface area contributed by atoms with Gasteiger partial charge in [-0.3, -0.25) is 4.57 Å². The van der Waals surface area contributed by atoms with Gasteiger partial charge in [0, 0.05) is 26.0 Å². The second-order valence-electron chi connectivity index (χ2n) is 3.23. The lowest BCUT2D eigenvalue weighted by Gasteiger charge is -1.99. The summed E-state index contributed by atoms with van der Waals surface area (Å²) in [6.07, 6.45) is 6.77. The standard InChI is InChI=1S/C9H17N3O/c1-11-7-8-12(9(11)13)6-4-2-3-5-10/h7-8H,2-6,10H2,1H3. The molecular weight excluding hydrogens is 166 g/mol. The van der Waals surface area contributed by atoms with Gasteiger partial charge in [0.05, 0.1) is 0 Å². The van der Waals surface area contributed by atoms with Crippen LogP contribution in [0.4, 0.5) is 0 Å². The maximum absolute atomic E-state index is 11.3. The molecule has 0 fully saturated rings. The van der Waals surface area contributed by atoms with Crippen molar-refractivity contribution in [3.05, 3.63) is 22.9 Å². The van der Waals surface area contributed by atoms with E-state index in [9.17, 15) is 4.79 Å². The lowest BCUT2D eigenvalue weighted by atomic mass is 10.2.